The quantitative estimate of drug-likeness (QED) is 0.684. The van der Waals surface area contributed by atoms with Crippen LogP contribution in [-0.4, -0.2) is 36.6 Å². The average Bonchev–Trinajstić information content (AvgIpc) is 2.70. The topological polar surface area (TPSA) is 58.9 Å². The lowest BCUT2D eigenvalue weighted by Gasteiger charge is -2.48. The van der Waals surface area contributed by atoms with Crippen LogP contribution in [0.25, 0.3) is 0 Å². The minimum Gasteiger partial charge on any atom is -0.491 e. The smallest absolute Gasteiger partial charge is 0.119 e. The molecule has 1 atom stereocenters. The van der Waals surface area contributed by atoms with Crippen LogP contribution >= 0.6 is 0 Å². The molecule has 29 heavy (non-hydrogen) atoms. The second-order valence-electron chi connectivity index (χ2n) is 9.13. The molecule has 2 N–H and O–H groups in total. The summed E-state index contributed by atoms with van der Waals surface area (Å²) < 4.78 is 11.1. The van der Waals surface area contributed by atoms with E-state index in [1.807, 2.05) is 24.3 Å². The summed E-state index contributed by atoms with van der Waals surface area (Å²) in [7, 11) is 0. The number of benzene rings is 2. The fourth-order valence-electron chi connectivity index (χ4n) is 5.25. The maximum Gasteiger partial charge on any atom is 0.119 e. The number of rotatable bonds is 8. The van der Waals surface area contributed by atoms with E-state index in [1.165, 1.54) is 17.5 Å². The van der Waals surface area contributed by atoms with Crippen LogP contribution in [0.4, 0.5) is 0 Å². The highest BCUT2D eigenvalue weighted by molar-refractivity contribution is 5.44. The molecule has 0 aromatic heterocycles. The fraction of sp³-hybridized carbons (Fsp3) is 0.520. The van der Waals surface area contributed by atoms with Crippen LogP contribution in [0, 0.1) is 11.3 Å². The minimum atomic E-state index is -0.0633. The Balaban J connectivity index is 1.98. The maximum absolute atomic E-state index is 8.99. The summed E-state index contributed by atoms with van der Waals surface area (Å²) in [6.45, 7) is 7.74. The Hall–Kier alpha value is -2.04. The van der Waals surface area contributed by atoms with Gasteiger partial charge in [-0.2, -0.15) is 0 Å². The van der Waals surface area contributed by atoms with E-state index in [-0.39, 0.29) is 24.0 Å². The molecule has 0 heterocycles. The van der Waals surface area contributed by atoms with Crippen molar-refractivity contribution in [2.75, 3.05) is 26.4 Å². The monoisotopic (exact) mass is 398 g/mol. The molecule has 0 saturated heterocycles. The normalized spacial score (nSPS) is 20.2. The van der Waals surface area contributed by atoms with Crippen LogP contribution in [0.3, 0.4) is 0 Å². The first kappa shape index (κ1) is 21.7. The fourth-order valence-corrected chi connectivity index (χ4v) is 5.25. The molecular formula is C25H34O4. The van der Waals surface area contributed by atoms with Gasteiger partial charge in [-0.15, -0.1) is 0 Å². The molecule has 1 aliphatic carbocycles. The van der Waals surface area contributed by atoms with E-state index in [0.29, 0.717) is 19.1 Å². The SMILES string of the molecule is CC1CC(C)(C)CC(c2ccc(OCCO)cc2)(c2ccc(OCCO)cc2)C1. The van der Waals surface area contributed by atoms with Gasteiger partial charge >= 0.3 is 0 Å². The summed E-state index contributed by atoms with van der Waals surface area (Å²) in [4.78, 5) is 0. The summed E-state index contributed by atoms with van der Waals surface area (Å²) in [5.41, 5.74) is 2.79. The first-order chi connectivity index (χ1) is 13.9. The Morgan fingerprint density at radius 3 is 1.62 bits per heavy atom. The lowest BCUT2D eigenvalue weighted by molar-refractivity contribution is 0.126. The van der Waals surface area contributed by atoms with E-state index in [0.717, 1.165) is 24.3 Å². The van der Waals surface area contributed by atoms with Gasteiger partial charge in [-0.1, -0.05) is 45.0 Å². The summed E-state index contributed by atoms with van der Waals surface area (Å²) >= 11 is 0. The first-order valence-corrected chi connectivity index (χ1v) is 10.6. The van der Waals surface area contributed by atoms with E-state index in [1.54, 1.807) is 0 Å². The van der Waals surface area contributed by atoms with Crippen molar-refractivity contribution in [2.24, 2.45) is 11.3 Å². The second-order valence-corrected chi connectivity index (χ2v) is 9.13. The summed E-state index contributed by atoms with van der Waals surface area (Å²) in [5.74, 6) is 2.19. The highest BCUT2D eigenvalue weighted by Gasteiger charge is 2.45. The number of hydrogen-bond acceptors (Lipinski definition) is 4. The van der Waals surface area contributed by atoms with Gasteiger partial charge in [-0.05, 0) is 66.0 Å². The van der Waals surface area contributed by atoms with Crippen molar-refractivity contribution in [3.05, 3.63) is 59.7 Å². The Morgan fingerprint density at radius 2 is 1.24 bits per heavy atom. The van der Waals surface area contributed by atoms with Crippen molar-refractivity contribution < 1.29 is 19.7 Å². The van der Waals surface area contributed by atoms with Gasteiger partial charge in [0, 0.05) is 5.41 Å². The van der Waals surface area contributed by atoms with Gasteiger partial charge in [0.2, 0.25) is 0 Å². The van der Waals surface area contributed by atoms with Crippen molar-refractivity contribution in [3.63, 3.8) is 0 Å². The number of hydrogen-bond donors (Lipinski definition) is 2. The zero-order valence-electron chi connectivity index (χ0n) is 17.9. The molecule has 1 unspecified atom stereocenters. The Labute approximate surface area is 174 Å². The van der Waals surface area contributed by atoms with Crippen LogP contribution in [0.1, 0.15) is 51.2 Å². The number of aliphatic hydroxyl groups is 2. The second kappa shape index (κ2) is 9.19. The van der Waals surface area contributed by atoms with Gasteiger partial charge in [0.05, 0.1) is 13.2 Å². The standard InChI is InChI=1S/C25H34O4/c1-19-16-24(2,3)18-25(17-19,20-4-8-22(9-5-20)28-14-12-26)21-6-10-23(11-7-21)29-15-13-27/h4-11,19,26-27H,12-18H2,1-3H3. The third-order valence-electron chi connectivity index (χ3n) is 5.91. The van der Waals surface area contributed by atoms with Crippen molar-refractivity contribution in [1.82, 2.24) is 0 Å². The summed E-state index contributed by atoms with van der Waals surface area (Å²) in [6, 6.07) is 16.8. The van der Waals surface area contributed by atoms with E-state index >= 15 is 0 Å². The zero-order valence-corrected chi connectivity index (χ0v) is 17.9. The third-order valence-corrected chi connectivity index (χ3v) is 5.91. The predicted molar refractivity (Wildman–Crippen MR) is 116 cm³/mol. The van der Waals surface area contributed by atoms with Crippen LogP contribution < -0.4 is 9.47 Å². The molecule has 3 rings (SSSR count). The Kier molecular flexibility index (Phi) is 6.86. The van der Waals surface area contributed by atoms with Crippen molar-refractivity contribution in [3.8, 4) is 11.5 Å². The molecule has 0 spiro atoms. The largest absolute Gasteiger partial charge is 0.491 e. The Bertz CT molecular complexity index is 713. The third kappa shape index (κ3) is 5.12. The number of aliphatic hydroxyl groups excluding tert-OH is 2. The molecule has 2 aromatic carbocycles. The van der Waals surface area contributed by atoms with Crippen molar-refractivity contribution in [2.45, 2.75) is 45.4 Å². The summed E-state index contributed by atoms with van der Waals surface area (Å²) in [6.07, 6.45) is 3.41. The molecule has 2 aromatic rings. The predicted octanol–water partition coefficient (Wildman–Crippen LogP) is 4.56. The van der Waals surface area contributed by atoms with Gasteiger partial charge in [-0.3, -0.25) is 0 Å². The number of ether oxygens (including phenoxy) is 2. The van der Waals surface area contributed by atoms with Gasteiger partial charge in [0.15, 0.2) is 0 Å². The summed E-state index contributed by atoms with van der Waals surface area (Å²) in [5, 5.41) is 18.0. The maximum atomic E-state index is 8.99. The molecular weight excluding hydrogens is 364 g/mol. The van der Waals surface area contributed by atoms with Gasteiger partial charge < -0.3 is 19.7 Å². The van der Waals surface area contributed by atoms with E-state index in [2.05, 4.69) is 45.0 Å². The van der Waals surface area contributed by atoms with Crippen LogP contribution in [0.2, 0.25) is 0 Å². The molecule has 0 aliphatic heterocycles. The highest BCUT2D eigenvalue weighted by atomic mass is 16.5. The molecule has 1 saturated carbocycles. The van der Waals surface area contributed by atoms with Gasteiger partial charge in [0.1, 0.15) is 24.7 Å². The molecule has 4 nitrogen and oxygen atoms in total. The molecule has 0 bridgehead atoms. The highest BCUT2D eigenvalue weighted by Crippen LogP contribution is 2.53. The molecule has 1 fully saturated rings. The van der Waals surface area contributed by atoms with Crippen LogP contribution in [-0.2, 0) is 5.41 Å². The molecule has 158 valence electrons. The minimum absolute atomic E-state index is 0.0160. The molecule has 4 heteroatoms. The Morgan fingerprint density at radius 1 is 0.793 bits per heavy atom. The van der Waals surface area contributed by atoms with E-state index in [4.69, 9.17) is 19.7 Å². The van der Waals surface area contributed by atoms with E-state index in [9.17, 15) is 0 Å². The van der Waals surface area contributed by atoms with Crippen LogP contribution in [0.15, 0.2) is 48.5 Å². The van der Waals surface area contributed by atoms with E-state index < -0.39 is 0 Å². The first-order valence-electron chi connectivity index (χ1n) is 10.6. The van der Waals surface area contributed by atoms with Crippen molar-refractivity contribution in [1.29, 1.82) is 0 Å². The van der Waals surface area contributed by atoms with Gasteiger partial charge in [0.25, 0.3) is 0 Å². The van der Waals surface area contributed by atoms with Gasteiger partial charge in [-0.25, -0.2) is 0 Å². The van der Waals surface area contributed by atoms with Crippen molar-refractivity contribution >= 4 is 0 Å². The molecule has 0 radical (unpaired) electrons. The lowest BCUT2D eigenvalue weighted by Crippen LogP contribution is -2.41. The zero-order chi connectivity index (χ0) is 20.9. The average molecular weight is 399 g/mol. The van der Waals surface area contributed by atoms with Crippen LogP contribution in [0.5, 0.6) is 11.5 Å². The lowest BCUT2D eigenvalue weighted by atomic mass is 9.55. The molecule has 0 amide bonds. The molecule has 1 aliphatic rings.